The molecule has 0 spiro atoms. The minimum atomic E-state index is 0.248. The van der Waals surface area contributed by atoms with Crippen molar-refractivity contribution in [3.05, 3.63) is 53.7 Å². The molecule has 7 heteroatoms. The molecular formula is C20H20N4O3. The van der Waals surface area contributed by atoms with Gasteiger partial charge < -0.3 is 24.8 Å². The van der Waals surface area contributed by atoms with E-state index in [0.29, 0.717) is 17.5 Å². The molecule has 1 aliphatic heterocycles. The minimum Gasteiger partial charge on any atom is -0.495 e. The number of hydrogen-bond donors (Lipinski definition) is 2. The van der Waals surface area contributed by atoms with Gasteiger partial charge in [0, 0.05) is 23.5 Å². The molecule has 2 aromatic carbocycles. The van der Waals surface area contributed by atoms with Crippen LogP contribution in [-0.4, -0.2) is 23.9 Å². The van der Waals surface area contributed by atoms with Crippen LogP contribution in [0.3, 0.4) is 0 Å². The van der Waals surface area contributed by atoms with Crippen LogP contribution in [0.1, 0.15) is 11.3 Å². The molecule has 3 aromatic rings. The van der Waals surface area contributed by atoms with E-state index in [1.807, 2.05) is 56.3 Å². The standard InChI is InChI=1S/C20H20N4O3/c1-12-4-6-16(25-3)15(8-12)23-20-21-13(2)9-19(24-20)22-14-5-7-17-18(10-14)27-11-26-17/h4-10H,11H2,1-3H3,(H2,21,22,23,24). The Labute approximate surface area is 157 Å². The topological polar surface area (TPSA) is 77.5 Å². The molecular weight excluding hydrogens is 344 g/mol. The minimum absolute atomic E-state index is 0.248. The number of nitrogens with zero attached hydrogens (tertiary/aromatic N) is 2. The summed E-state index contributed by atoms with van der Waals surface area (Å²) >= 11 is 0. The van der Waals surface area contributed by atoms with Gasteiger partial charge in [-0.1, -0.05) is 6.07 Å². The van der Waals surface area contributed by atoms with E-state index in [-0.39, 0.29) is 6.79 Å². The van der Waals surface area contributed by atoms with Gasteiger partial charge in [-0.2, -0.15) is 4.98 Å². The number of aromatic nitrogens is 2. The molecule has 0 amide bonds. The molecule has 0 atom stereocenters. The Morgan fingerprint density at radius 2 is 1.78 bits per heavy atom. The van der Waals surface area contributed by atoms with Gasteiger partial charge in [-0.25, -0.2) is 4.98 Å². The summed E-state index contributed by atoms with van der Waals surface area (Å²) in [5, 5.41) is 6.52. The van der Waals surface area contributed by atoms with E-state index in [0.717, 1.165) is 34.1 Å². The number of anilines is 4. The van der Waals surface area contributed by atoms with E-state index < -0.39 is 0 Å². The fourth-order valence-electron chi connectivity index (χ4n) is 2.85. The first-order chi connectivity index (χ1) is 13.1. The second-order valence-electron chi connectivity index (χ2n) is 6.24. The van der Waals surface area contributed by atoms with Crippen molar-refractivity contribution in [2.45, 2.75) is 13.8 Å². The van der Waals surface area contributed by atoms with Crippen molar-refractivity contribution < 1.29 is 14.2 Å². The summed E-state index contributed by atoms with van der Waals surface area (Å²) in [4.78, 5) is 9.03. The van der Waals surface area contributed by atoms with Gasteiger partial charge in [-0.05, 0) is 43.7 Å². The first-order valence-corrected chi connectivity index (χ1v) is 8.55. The highest BCUT2D eigenvalue weighted by atomic mass is 16.7. The predicted octanol–water partition coefficient (Wildman–Crippen LogP) is 4.32. The van der Waals surface area contributed by atoms with Crippen molar-refractivity contribution in [3.63, 3.8) is 0 Å². The molecule has 0 fully saturated rings. The predicted molar refractivity (Wildman–Crippen MR) is 104 cm³/mol. The van der Waals surface area contributed by atoms with Crippen LogP contribution >= 0.6 is 0 Å². The normalized spacial score (nSPS) is 12.0. The summed E-state index contributed by atoms with van der Waals surface area (Å²) in [6, 6.07) is 13.5. The summed E-state index contributed by atoms with van der Waals surface area (Å²) in [5.41, 5.74) is 3.63. The lowest BCUT2D eigenvalue weighted by Crippen LogP contribution is -2.03. The van der Waals surface area contributed by atoms with Gasteiger partial charge in [0.15, 0.2) is 11.5 Å². The van der Waals surface area contributed by atoms with E-state index in [9.17, 15) is 0 Å². The average molecular weight is 364 g/mol. The lowest BCUT2D eigenvalue weighted by molar-refractivity contribution is 0.174. The zero-order valence-corrected chi connectivity index (χ0v) is 15.4. The molecule has 7 nitrogen and oxygen atoms in total. The molecule has 0 aliphatic carbocycles. The summed E-state index contributed by atoms with van der Waals surface area (Å²) in [6.45, 7) is 4.19. The van der Waals surface area contributed by atoms with Crippen LogP contribution in [0.4, 0.5) is 23.1 Å². The highest BCUT2D eigenvalue weighted by molar-refractivity contribution is 5.66. The lowest BCUT2D eigenvalue weighted by atomic mass is 10.2. The Kier molecular flexibility index (Phi) is 4.42. The van der Waals surface area contributed by atoms with Gasteiger partial charge in [0.1, 0.15) is 11.6 Å². The molecule has 0 saturated heterocycles. The van der Waals surface area contributed by atoms with Crippen LogP contribution in [0.15, 0.2) is 42.5 Å². The Morgan fingerprint density at radius 1 is 0.926 bits per heavy atom. The SMILES string of the molecule is COc1ccc(C)cc1Nc1nc(C)cc(Nc2ccc3c(c2)OCO3)n1. The maximum absolute atomic E-state index is 5.42. The number of nitrogens with one attached hydrogen (secondary N) is 2. The van der Waals surface area contributed by atoms with E-state index >= 15 is 0 Å². The van der Waals surface area contributed by atoms with Gasteiger partial charge >= 0.3 is 0 Å². The highest BCUT2D eigenvalue weighted by Crippen LogP contribution is 2.35. The smallest absolute Gasteiger partial charge is 0.231 e. The number of benzene rings is 2. The molecule has 1 aromatic heterocycles. The number of aryl methyl sites for hydroxylation is 2. The first-order valence-electron chi connectivity index (χ1n) is 8.55. The number of rotatable bonds is 5. The Balaban J connectivity index is 1.59. The molecule has 0 saturated carbocycles. The number of ether oxygens (including phenoxy) is 3. The molecule has 0 unspecified atom stereocenters. The maximum atomic E-state index is 5.42. The summed E-state index contributed by atoms with van der Waals surface area (Å²) in [6.07, 6.45) is 0. The summed E-state index contributed by atoms with van der Waals surface area (Å²) < 4.78 is 16.2. The van der Waals surface area contributed by atoms with E-state index in [4.69, 9.17) is 14.2 Å². The van der Waals surface area contributed by atoms with Gasteiger partial charge in [0.05, 0.1) is 12.8 Å². The zero-order valence-electron chi connectivity index (χ0n) is 15.4. The monoisotopic (exact) mass is 364 g/mol. The fourth-order valence-corrected chi connectivity index (χ4v) is 2.85. The van der Waals surface area contributed by atoms with Crippen molar-refractivity contribution in [2.75, 3.05) is 24.5 Å². The average Bonchev–Trinajstić information content (AvgIpc) is 3.09. The molecule has 0 radical (unpaired) electrons. The molecule has 138 valence electrons. The van der Waals surface area contributed by atoms with Crippen molar-refractivity contribution in [2.24, 2.45) is 0 Å². The van der Waals surface area contributed by atoms with Gasteiger partial charge in [0.2, 0.25) is 12.7 Å². The third kappa shape index (κ3) is 3.72. The van der Waals surface area contributed by atoms with Crippen molar-refractivity contribution in [3.8, 4) is 17.2 Å². The van der Waals surface area contributed by atoms with Gasteiger partial charge in [0.25, 0.3) is 0 Å². The van der Waals surface area contributed by atoms with E-state index in [1.54, 1.807) is 7.11 Å². The summed E-state index contributed by atoms with van der Waals surface area (Å²) in [5.74, 6) is 3.36. The second kappa shape index (κ2) is 7.03. The molecule has 2 heterocycles. The van der Waals surface area contributed by atoms with Gasteiger partial charge in [-0.15, -0.1) is 0 Å². The molecule has 27 heavy (non-hydrogen) atoms. The quantitative estimate of drug-likeness (QED) is 0.698. The Morgan fingerprint density at radius 3 is 2.63 bits per heavy atom. The number of hydrogen-bond acceptors (Lipinski definition) is 7. The van der Waals surface area contributed by atoms with Crippen LogP contribution in [0, 0.1) is 13.8 Å². The third-order valence-corrected chi connectivity index (χ3v) is 4.10. The molecule has 2 N–H and O–H groups in total. The van der Waals surface area contributed by atoms with Crippen molar-refractivity contribution >= 4 is 23.1 Å². The lowest BCUT2D eigenvalue weighted by Gasteiger charge is -2.13. The zero-order chi connectivity index (χ0) is 18.8. The third-order valence-electron chi connectivity index (χ3n) is 4.10. The molecule has 0 bridgehead atoms. The van der Waals surface area contributed by atoms with Crippen LogP contribution < -0.4 is 24.8 Å². The number of methoxy groups -OCH3 is 1. The second-order valence-corrected chi connectivity index (χ2v) is 6.24. The Bertz CT molecular complexity index is 991. The van der Waals surface area contributed by atoms with Crippen LogP contribution in [0.5, 0.6) is 17.2 Å². The Hall–Kier alpha value is -3.48. The van der Waals surface area contributed by atoms with Crippen LogP contribution in [-0.2, 0) is 0 Å². The maximum Gasteiger partial charge on any atom is 0.231 e. The van der Waals surface area contributed by atoms with Crippen molar-refractivity contribution in [1.82, 2.24) is 9.97 Å². The van der Waals surface area contributed by atoms with Crippen LogP contribution in [0.2, 0.25) is 0 Å². The highest BCUT2D eigenvalue weighted by Gasteiger charge is 2.14. The summed E-state index contributed by atoms with van der Waals surface area (Å²) in [7, 11) is 1.64. The number of fused-ring (bicyclic) bond motifs is 1. The van der Waals surface area contributed by atoms with Crippen LogP contribution in [0.25, 0.3) is 0 Å². The van der Waals surface area contributed by atoms with Crippen molar-refractivity contribution in [1.29, 1.82) is 0 Å². The molecule has 4 rings (SSSR count). The largest absolute Gasteiger partial charge is 0.495 e. The fraction of sp³-hybridized carbons (Fsp3) is 0.200. The van der Waals surface area contributed by atoms with E-state index in [1.165, 1.54) is 0 Å². The molecule has 1 aliphatic rings. The first kappa shape index (κ1) is 17.0. The van der Waals surface area contributed by atoms with E-state index in [2.05, 4.69) is 20.6 Å². The van der Waals surface area contributed by atoms with Gasteiger partial charge in [-0.3, -0.25) is 0 Å².